The minimum atomic E-state index is -1.56. The van der Waals surface area contributed by atoms with Gasteiger partial charge in [-0.25, -0.2) is 0 Å². The van der Waals surface area contributed by atoms with Crippen LogP contribution in [0, 0.1) is 0 Å². The lowest BCUT2D eigenvalue weighted by Crippen LogP contribution is -2.83. The van der Waals surface area contributed by atoms with Gasteiger partial charge in [-0.15, -0.1) is 23.2 Å². The number of aliphatic hydroxyl groups is 2. The smallest absolute Gasteiger partial charge is 0.126 e. The fourth-order valence-electron chi connectivity index (χ4n) is 1.44. The van der Waals surface area contributed by atoms with Gasteiger partial charge in [0.15, 0.2) is 0 Å². The van der Waals surface area contributed by atoms with E-state index in [-0.39, 0.29) is 13.1 Å². The molecule has 0 spiro atoms. The third-order valence-corrected chi connectivity index (χ3v) is 3.90. The van der Waals surface area contributed by atoms with Crippen LogP contribution in [0.25, 0.3) is 0 Å². The van der Waals surface area contributed by atoms with E-state index in [2.05, 4.69) is 0 Å². The summed E-state index contributed by atoms with van der Waals surface area (Å²) in [5.74, 6) is 0. The Kier molecular flexibility index (Phi) is 2.60. The normalized spacial score (nSPS) is 53.5. The highest BCUT2D eigenvalue weighted by atomic mass is 35.5. The highest BCUT2D eigenvalue weighted by Crippen LogP contribution is 2.48. The van der Waals surface area contributed by atoms with Gasteiger partial charge < -0.3 is 21.7 Å². The van der Waals surface area contributed by atoms with Crippen molar-refractivity contribution >= 4 is 23.2 Å². The fourth-order valence-corrected chi connectivity index (χ4v) is 2.42. The topological polar surface area (TPSA) is 92.5 Å². The molecule has 1 saturated carbocycles. The zero-order valence-corrected chi connectivity index (χ0v) is 7.89. The molecule has 0 aliphatic heterocycles. The van der Waals surface area contributed by atoms with E-state index in [0.29, 0.717) is 0 Å². The minimum Gasteiger partial charge on any atom is -0.384 e. The average Bonchev–Trinajstić information content (AvgIpc) is 2.12. The van der Waals surface area contributed by atoms with Crippen molar-refractivity contribution in [1.29, 1.82) is 0 Å². The van der Waals surface area contributed by atoms with Crippen molar-refractivity contribution < 1.29 is 10.2 Å². The van der Waals surface area contributed by atoms with Crippen LogP contribution in [0.2, 0.25) is 0 Å². The van der Waals surface area contributed by atoms with Crippen molar-refractivity contribution in [3.8, 4) is 0 Å². The van der Waals surface area contributed by atoms with Crippen molar-refractivity contribution in [2.24, 2.45) is 11.5 Å². The number of rotatable bonds is 2. The maximum absolute atomic E-state index is 9.71. The Morgan fingerprint density at radius 1 is 1.00 bits per heavy atom. The summed E-state index contributed by atoms with van der Waals surface area (Å²) in [4.78, 5) is 0. The largest absolute Gasteiger partial charge is 0.384 e. The Labute approximate surface area is 80.4 Å². The molecule has 0 heterocycles. The average molecular weight is 215 g/mol. The van der Waals surface area contributed by atoms with Crippen LogP contribution in [0.15, 0.2) is 0 Å². The van der Waals surface area contributed by atoms with Crippen molar-refractivity contribution in [1.82, 2.24) is 0 Å². The standard InChI is InChI=1S/C6H12Cl2N2O2/c7-3-4(8)6(12,2-10)5(3,11)1-9/h3-4,11-12H,1-2,9-10H2. The second-order valence-electron chi connectivity index (χ2n) is 3.06. The van der Waals surface area contributed by atoms with Crippen LogP contribution >= 0.6 is 23.2 Å². The third kappa shape index (κ3) is 0.937. The van der Waals surface area contributed by atoms with E-state index in [4.69, 9.17) is 34.7 Å². The molecule has 0 saturated heterocycles. The molecular weight excluding hydrogens is 203 g/mol. The van der Waals surface area contributed by atoms with E-state index >= 15 is 0 Å². The van der Waals surface area contributed by atoms with E-state index in [9.17, 15) is 10.2 Å². The Balaban J connectivity index is 2.88. The summed E-state index contributed by atoms with van der Waals surface area (Å²) < 4.78 is 0. The zero-order valence-electron chi connectivity index (χ0n) is 6.37. The molecule has 1 rings (SSSR count). The molecule has 4 nitrogen and oxygen atoms in total. The van der Waals surface area contributed by atoms with E-state index in [1.54, 1.807) is 0 Å². The van der Waals surface area contributed by atoms with Gasteiger partial charge in [0, 0.05) is 13.1 Å². The van der Waals surface area contributed by atoms with Crippen LogP contribution in [0.4, 0.5) is 0 Å². The second-order valence-corrected chi connectivity index (χ2v) is 4.00. The monoisotopic (exact) mass is 214 g/mol. The first-order valence-electron chi connectivity index (χ1n) is 3.57. The molecule has 0 aromatic heterocycles. The maximum Gasteiger partial charge on any atom is 0.126 e. The molecule has 6 heteroatoms. The SMILES string of the molecule is NCC1(O)C(Cl)C(Cl)C1(O)CN. The fraction of sp³-hybridized carbons (Fsp3) is 1.00. The summed E-state index contributed by atoms with van der Waals surface area (Å²) in [7, 11) is 0. The van der Waals surface area contributed by atoms with Gasteiger partial charge in [-0.05, 0) is 0 Å². The van der Waals surface area contributed by atoms with Gasteiger partial charge in [0.2, 0.25) is 0 Å². The molecule has 72 valence electrons. The Morgan fingerprint density at radius 2 is 1.25 bits per heavy atom. The van der Waals surface area contributed by atoms with Gasteiger partial charge in [0.1, 0.15) is 11.2 Å². The van der Waals surface area contributed by atoms with E-state index < -0.39 is 22.0 Å². The number of hydrogen-bond donors (Lipinski definition) is 4. The predicted molar refractivity (Wildman–Crippen MR) is 47.3 cm³/mol. The molecule has 0 aromatic rings. The number of alkyl halides is 2. The second kappa shape index (κ2) is 2.97. The lowest BCUT2D eigenvalue weighted by Gasteiger charge is -2.58. The Hall–Kier alpha value is 0.420. The molecule has 4 atom stereocenters. The molecule has 1 fully saturated rings. The summed E-state index contributed by atoms with van der Waals surface area (Å²) in [6.45, 7) is -0.309. The van der Waals surface area contributed by atoms with Gasteiger partial charge >= 0.3 is 0 Å². The van der Waals surface area contributed by atoms with Crippen LogP contribution < -0.4 is 11.5 Å². The number of hydrogen-bond acceptors (Lipinski definition) is 4. The molecule has 0 amide bonds. The molecule has 0 radical (unpaired) electrons. The van der Waals surface area contributed by atoms with Crippen LogP contribution in [0.5, 0.6) is 0 Å². The summed E-state index contributed by atoms with van der Waals surface area (Å²) in [6.07, 6.45) is 0. The molecular formula is C6H12Cl2N2O2. The number of halogens is 2. The lowest BCUT2D eigenvalue weighted by molar-refractivity contribution is -0.201. The first-order chi connectivity index (χ1) is 5.44. The molecule has 6 N–H and O–H groups in total. The molecule has 1 aliphatic rings. The van der Waals surface area contributed by atoms with Crippen LogP contribution in [0.3, 0.4) is 0 Å². The molecule has 0 bridgehead atoms. The van der Waals surface area contributed by atoms with E-state index in [0.717, 1.165) is 0 Å². The highest BCUT2D eigenvalue weighted by Gasteiger charge is 2.69. The van der Waals surface area contributed by atoms with Crippen molar-refractivity contribution in [2.45, 2.75) is 22.0 Å². The molecule has 0 aromatic carbocycles. The highest BCUT2D eigenvalue weighted by molar-refractivity contribution is 6.33. The van der Waals surface area contributed by atoms with Gasteiger partial charge in [-0.3, -0.25) is 0 Å². The first-order valence-corrected chi connectivity index (χ1v) is 4.44. The minimum absolute atomic E-state index is 0.155. The van der Waals surface area contributed by atoms with Gasteiger partial charge in [-0.2, -0.15) is 0 Å². The van der Waals surface area contributed by atoms with Crippen LogP contribution in [0.1, 0.15) is 0 Å². The van der Waals surface area contributed by atoms with Gasteiger partial charge in [-0.1, -0.05) is 0 Å². The van der Waals surface area contributed by atoms with Crippen molar-refractivity contribution in [2.75, 3.05) is 13.1 Å². The predicted octanol–water partition coefficient (Wildman–Crippen LogP) is -1.41. The first kappa shape index (κ1) is 10.5. The van der Waals surface area contributed by atoms with Crippen molar-refractivity contribution in [3.63, 3.8) is 0 Å². The molecule has 12 heavy (non-hydrogen) atoms. The summed E-state index contributed by atoms with van der Waals surface area (Å²) in [6, 6.07) is 0. The van der Waals surface area contributed by atoms with Crippen LogP contribution in [-0.4, -0.2) is 45.3 Å². The maximum atomic E-state index is 9.71. The van der Waals surface area contributed by atoms with Crippen LogP contribution in [-0.2, 0) is 0 Å². The lowest BCUT2D eigenvalue weighted by atomic mass is 9.64. The van der Waals surface area contributed by atoms with Crippen molar-refractivity contribution in [3.05, 3.63) is 0 Å². The molecule has 4 unspecified atom stereocenters. The van der Waals surface area contributed by atoms with Gasteiger partial charge in [0.05, 0.1) is 10.8 Å². The van der Waals surface area contributed by atoms with E-state index in [1.165, 1.54) is 0 Å². The third-order valence-electron chi connectivity index (χ3n) is 2.54. The van der Waals surface area contributed by atoms with Gasteiger partial charge in [0.25, 0.3) is 0 Å². The summed E-state index contributed by atoms with van der Waals surface area (Å²) in [5, 5.41) is 17.9. The van der Waals surface area contributed by atoms with E-state index in [1.807, 2.05) is 0 Å². The Morgan fingerprint density at radius 3 is 1.42 bits per heavy atom. The Bertz CT molecular complexity index is 174. The quantitative estimate of drug-likeness (QED) is 0.426. The molecule has 1 aliphatic carbocycles. The summed E-state index contributed by atoms with van der Waals surface area (Å²) in [5.41, 5.74) is 7.41. The number of nitrogens with two attached hydrogens (primary N) is 2. The zero-order chi connectivity index (χ0) is 9.57. The summed E-state index contributed by atoms with van der Waals surface area (Å²) >= 11 is 11.4.